The van der Waals surface area contributed by atoms with Crippen molar-refractivity contribution in [1.29, 1.82) is 0 Å². The van der Waals surface area contributed by atoms with E-state index in [1.807, 2.05) is 13.8 Å². The van der Waals surface area contributed by atoms with Crippen molar-refractivity contribution in [1.82, 2.24) is 0 Å². The molecule has 19 heavy (non-hydrogen) atoms. The van der Waals surface area contributed by atoms with Crippen LogP contribution >= 0.6 is 0 Å². The van der Waals surface area contributed by atoms with Gasteiger partial charge in [0.25, 0.3) is 0 Å². The monoisotopic (exact) mass is 274 g/mol. The molecule has 0 atom stereocenters. The molecule has 0 bridgehead atoms. The van der Waals surface area contributed by atoms with E-state index >= 15 is 0 Å². The number of benzene rings is 1. The number of carbonyl (C=O) groups excluding carboxylic acids is 1. The van der Waals surface area contributed by atoms with Gasteiger partial charge < -0.3 is 4.74 Å². The summed E-state index contributed by atoms with van der Waals surface area (Å²) in [7, 11) is 1.28. The molecule has 0 saturated heterocycles. The Morgan fingerprint density at radius 2 is 1.89 bits per heavy atom. The molecule has 1 aromatic rings. The Hall–Kier alpha value is -1.52. The Morgan fingerprint density at radius 1 is 1.26 bits per heavy atom. The molecule has 0 aliphatic heterocycles. The summed E-state index contributed by atoms with van der Waals surface area (Å²) < 4.78 is 42.9. The van der Waals surface area contributed by atoms with Crippen molar-refractivity contribution in [2.45, 2.75) is 32.9 Å². The minimum absolute atomic E-state index is 0.0442. The van der Waals surface area contributed by atoms with Gasteiger partial charge in [-0.25, -0.2) is 0 Å². The van der Waals surface area contributed by atoms with E-state index in [1.165, 1.54) is 13.2 Å². The van der Waals surface area contributed by atoms with E-state index in [1.54, 1.807) is 0 Å². The molecule has 2 nitrogen and oxygen atoms in total. The quantitative estimate of drug-likeness (QED) is 0.747. The minimum atomic E-state index is -4.48. The zero-order valence-corrected chi connectivity index (χ0v) is 11.2. The third-order valence-corrected chi connectivity index (χ3v) is 2.74. The van der Waals surface area contributed by atoms with E-state index in [0.717, 1.165) is 12.1 Å². The number of carbonyl (C=O) groups is 1. The first-order valence-corrected chi connectivity index (χ1v) is 6.03. The summed E-state index contributed by atoms with van der Waals surface area (Å²) in [6.45, 7) is 3.92. The van der Waals surface area contributed by atoms with E-state index in [0.29, 0.717) is 12.3 Å². The number of ether oxygens (including phenoxy) is 1. The highest BCUT2D eigenvalue weighted by Crippen LogP contribution is 2.33. The van der Waals surface area contributed by atoms with Gasteiger partial charge in [0.15, 0.2) is 5.78 Å². The SMILES string of the molecule is COc1cc(C(=O)CCC(C)C)cc(C(F)(F)F)c1. The second-order valence-electron chi connectivity index (χ2n) is 4.80. The number of methoxy groups -OCH3 is 1. The largest absolute Gasteiger partial charge is 0.497 e. The third kappa shape index (κ3) is 4.58. The molecule has 0 aliphatic carbocycles. The van der Waals surface area contributed by atoms with Crippen LogP contribution in [0, 0.1) is 5.92 Å². The fraction of sp³-hybridized carbons (Fsp3) is 0.500. The molecule has 0 radical (unpaired) electrons. The number of hydrogen-bond donors (Lipinski definition) is 0. The van der Waals surface area contributed by atoms with E-state index in [2.05, 4.69) is 0 Å². The Morgan fingerprint density at radius 3 is 2.37 bits per heavy atom. The molecule has 0 saturated carbocycles. The van der Waals surface area contributed by atoms with Crippen molar-refractivity contribution in [2.24, 2.45) is 5.92 Å². The predicted molar refractivity (Wildman–Crippen MR) is 66.4 cm³/mol. The Kier molecular flexibility index (Phi) is 4.97. The van der Waals surface area contributed by atoms with Crippen LogP contribution in [0.15, 0.2) is 18.2 Å². The Labute approximate surface area is 110 Å². The van der Waals surface area contributed by atoms with Gasteiger partial charge in [0.2, 0.25) is 0 Å². The average Bonchev–Trinajstić information content (AvgIpc) is 2.34. The maximum absolute atomic E-state index is 12.7. The molecular weight excluding hydrogens is 257 g/mol. The van der Waals surface area contributed by atoms with Crippen molar-refractivity contribution in [3.8, 4) is 5.75 Å². The first-order valence-electron chi connectivity index (χ1n) is 6.03. The van der Waals surface area contributed by atoms with Gasteiger partial charge in [-0.15, -0.1) is 0 Å². The Balaban J connectivity index is 3.03. The maximum atomic E-state index is 12.7. The summed E-state index contributed by atoms with van der Waals surface area (Å²) in [5.74, 6) is 0.0810. The van der Waals surface area contributed by atoms with Gasteiger partial charge >= 0.3 is 6.18 Å². The summed E-state index contributed by atoms with van der Waals surface area (Å²) in [5, 5.41) is 0. The van der Waals surface area contributed by atoms with E-state index < -0.39 is 11.7 Å². The van der Waals surface area contributed by atoms with Gasteiger partial charge in [-0.05, 0) is 30.5 Å². The molecule has 0 N–H and O–H groups in total. The first-order chi connectivity index (χ1) is 8.74. The van der Waals surface area contributed by atoms with Crippen molar-refractivity contribution in [3.05, 3.63) is 29.3 Å². The molecule has 0 aromatic heterocycles. The zero-order valence-electron chi connectivity index (χ0n) is 11.2. The zero-order chi connectivity index (χ0) is 14.6. The molecule has 5 heteroatoms. The van der Waals surface area contributed by atoms with Crippen LogP contribution in [0.2, 0.25) is 0 Å². The highest BCUT2D eigenvalue weighted by Gasteiger charge is 2.32. The van der Waals surface area contributed by atoms with Crippen LogP contribution in [0.25, 0.3) is 0 Å². The topological polar surface area (TPSA) is 26.3 Å². The third-order valence-electron chi connectivity index (χ3n) is 2.74. The van der Waals surface area contributed by atoms with Gasteiger partial charge in [-0.1, -0.05) is 13.8 Å². The molecular formula is C14H17F3O2. The van der Waals surface area contributed by atoms with E-state index in [9.17, 15) is 18.0 Å². The van der Waals surface area contributed by atoms with Gasteiger partial charge in [-0.2, -0.15) is 13.2 Å². The van der Waals surface area contributed by atoms with Crippen LogP contribution in [-0.2, 0) is 6.18 Å². The van der Waals surface area contributed by atoms with E-state index in [4.69, 9.17) is 4.74 Å². The van der Waals surface area contributed by atoms with Crippen LogP contribution in [-0.4, -0.2) is 12.9 Å². The van der Waals surface area contributed by atoms with Crippen LogP contribution < -0.4 is 4.74 Å². The molecule has 0 spiro atoms. The smallest absolute Gasteiger partial charge is 0.416 e. The van der Waals surface area contributed by atoms with E-state index in [-0.39, 0.29) is 23.5 Å². The van der Waals surface area contributed by atoms with Gasteiger partial charge in [0, 0.05) is 12.0 Å². The standard InChI is InChI=1S/C14H17F3O2/c1-9(2)4-5-13(18)10-6-11(14(15,16)17)8-12(7-10)19-3/h6-9H,4-5H2,1-3H3. The minimum Gasteiger partial charge on any atom is -0.497 e. The lowest BCUT2D eigenvalue weighted by molar-refractivity contribution is -0.137. The number of alkyl halides is 3. The molecule has 0 fully saturated rings. The van der Waals surface area contributed by atoms with Crippen molar-refractivity contribution >= 4 is 5.78 Å². The molecule has 106 valence electrons. The number of hydrogen-bond acceptors (Lipinski definition) is 2. The highest BCUT2D eigenvalue weighted by molar-refractivity contribution is 5.96. The van der Waals surface area contributed by atoms with Gasteiger partial charge in [0.1, 0.15) is 5.75 Å². The first kappa shape index (κ1) is 15.5. The van der Waals surface area contributed by atoms with Crippen LogP contribution in [0.1, 0.15) is 42.6 Å². The lowest BCUT2D eigenvalue weighted by atomic mass is 9.99. The Bertz CT molecular complexity index is 450. The van der Waals surface area contributed by atoms with Gasteiger partial charge in [-0.3, -0.25) is 4.79 Å². The molecule has 0 amide bonds. The summed E-state index contributed by atoms with van der Waals surface area (Å²) in [4.78, 5) is 11.9. The second-order valence-corrected chi connectivity index (χ2v) is 4.80. The average molecular weight is 274 g/mol. The molecule has 0 unspecified atom stereocenters. The highest BCUT2D eigenvalue weighted by atomic mass is 19.4. The van der Waals surface area contributed by atoms with Gasteiger partial charge in [0.05, 0.1) is 12.7 Å². The number of halogens is 3. The fourth-order valence-corrected chi connectivity index (χ4v) is 1.61. The molecule has 1 rings (SSSR count). The fourth-order valence-electron chi connectivity index (χ4n) is 1.61. The maximum Gasteiger partial charge on any atom is 0.416 e. The molecule has 0 aliphatic rings. The lowest BCUT2D eigenvalue weighted by Crippen LogP contribution is -2.09. The summed E-state index contributed by atoms with van der Waals surface area (Å²) >= 11 is 0. The van der Waals surface area contributed by atoms with Crippen LogP contribution in [0.5, 0.6) is 5.75 Å². The molecule has 0 heterocycles. The van der Waals surface area contributed by atoms with Crippen molar-refractivity contribution < 1.29 is 22.7 Å². The molecule has 1 aromatic carbocycles. The number of Topliss-reactive ketones (excluding diaryl/α,β-unsaturated/α-hetero) is 1. The lowest BCUT2D eigenvalue weighted by Gasteiger charge is -2.11. The number of ketones is 1. The van der Waals surface area contributed by atoms with Crippen molar-refractivity contribution in [3.63, 3.8) is 0 Å². The second kappa shape index (κ2) is 6.08. The van der Waals surface area contributed by atoms with Crippen molar-refractivity contribution in [2.75, 3.05) is 7.11 Å². The van der Waals surface area contributed by atoms with Crippen LogP contribution in [0.4, 0.5) is 13.2 Å². The number of rotatable bonds is 5. The van der Waals surface area contributed by atoms with Crippen LogP contribution in [0.3, 0.4) is 0 Å². The summed E-state index contributed by atoms with van der Waals surface area (Å²) in [5.41, 5.74) is -0.813. The summed E-state index contributed by atoms with van der Waals surface area (Å²) in [6.07, 6.45) is -3.60. The normalized spacial score (nSPS) is 11.7. The summed E-state index contributed by atoms with van der Waals surface area (Å²) in [6, 6.07) is 3.11. The predicted octanol–water partition coefficient (Wildman–Crippen LogP) is 4.33.